The lowest BCUT2D eigenvalue weighted by molar-refractivity contribution is -0.122. The molecule has 38 heavy (non-hydrogen) atoms. The summed E-state index contributed by atoms with van der Waals surface area (Å²) in [6, 6.07) is 30.3. The number of halogens is 1. The van der Waals surface area contributed by atoms with Gasteiger partial charge in [-0.15, -0.1) is 0 Å². The Balaban J connectivity index is 1.51. The molecule has 0 saturated carbocycles. The van der Waals surface area contributed by atoms with Crippen LogP contribution in [-0.4, -0.2) is 18.0 Å². The molecule has 8 rings (SSSR count). The second kappa shape index (κ2) is 8.34. The molecule has 2 atom stereocenters. The van der Waals surface area contributed by atoms with Gasteiger partial charge in [0.2, 0.25) is 11.8 Å². The molecule has 2 amide bonds. The summed E-state index contributed by atoms with van der Waals surface area (Å²) in [4.78, 5) is 35.2. The van der Waals surface area contributed by atoms with Gasteiger partial charge in [0, 0.05) is 16.6 Å². The molecule has 1 aliphatic heterocycles. The van der Waals surface area contributed by atoms with E-state index in [4.69, 9.17) is 4.99 Å². The van der Waals surface area contributed by atoms with Gasteiger partial charge in [-0.1, -0.05) is 88.2 Å². The molecule has 0 spiro atoms. The highest BCUT2D eigenvalue weighted by molar-refractivity contribution is 9.10. The fourth-order valence-corrected chi connectivity index (χ4v) is 7.46. The van der Waals surface area contributed by atoms with Crippen LogP contribution in [0.25, 0.3) is 0 Å². The Hall–Kier alpha value is -3.83. The van der Waals surface area contributed by atoms with Crippen LogP contribution in [0.1, 0.15) is 39.3 Å². The standard InChI is InChI=1S/C33H25BrN2O2/c1-19-14-15-27(20(2)16-19)36-31(37)29-28-23-10-3-5-12-25(23)33(30(29)32(36)38,26-13-6-4-11-24(26)28)18-35-22-9-7-8-21(34)17-22/h3-18,28-30H,1-2H3/t28?,29-,30-,33?/m0/s1. The second-order valence-corrected chi connectivity index (χ2v) is 11.5. The molecule has 1 heterocycles. The Morgan fingerprint density at radius 1 is 0.816 bits per heavy atom. The summed E-state index contributed by atoms with van der Waals surface area (Å²) in [6.07, 6.45) is 1.94. The normalized spacial score (nSPS) is 25.0. The number of aryl methyl sites for hydroxylation is 2. The Bertz CT molecular complexity index is 1640. The number of hydrogen-bond acceptors (Lipinski definition) is 3. The van der Waals surface area contributed by atoms with Crippen molar-refractivity contribution in [2.45, 2.75) is 25.2 Å². The SMILES string of the molecule is Cc1ccc(N2C(=O)[C@@H]3[C@@H](C2=O)C2c4ccccc4C3(C=Nc3cccc(Br)c3)c3ccccc32)c(C)c1. The van der Waals surface area contributed by atoms with Crippen molar-refractivity contribution in [2.75, 3.05) is 4.90 Å². The molecule has 4 aromatic rings. The van der Waals surface area contributed by atoms with Gasteiger partial charge >= 0.3 is 0 Å². The Morgan fingerprint density at radius 2 is 1.50 bits per heavy atom. The van der Waals surface area contributed by atoms with Crippen LogP contribution >= 0.6 is 15.9 Å². The molecule has 3 aliphatic carbocycles. The van der Waals surface area contributed by atoms with Gasteiger partial charge in [0.15, 0.2) is 0 Å². The van der Waals surface area contributed by atoms with Crippen LogP contribution in [0, 0.1) is 25.7 Å². The van der Waals surface area contributed by atoms with Crippen LogP contribution in [0.4, 0.5) is 11.4 Å². The average molecular weight is 561 g/mol. The maximum atomic E-state index is 14.5. The topological polar surface area (TPSA) is 49.7 Å². The molecule has 0 unspecified atom stereocenters. The number of rotatable bonds is 3. The molecule has 4 aliphatic rings. The van der Waals surface area contributed by atoms with E-state index in [-0.39, 0.29) is 17.7 Å². The van der Waals surface area contributed by atoms with Gasteiger partial charge in [0.25, 0.3) is 0 Å². The highest BCUT2D eigenvalue weighted by Crippen LogP contribution is 2.63. The first kappa shape index (κ1) is 23.3. The molecule has 2 bridgehead atoms. The number of benzene rings is 4. The maximum absolute atomic E-state index is 14.5. The molecule has 5 heteroatoms. The average Bonchev–Trinajstić information content (AvgIpc) is 3.18. The quantitative estimate of drug-likeness (QED) is 0.199. The van der Waals surface area contributed by atoms with Gasteiger partial charge in [-0.05, 0) is 65.9 Å². The van der Waals surface area contributed by atoms with Crippen LogP contribution in [0.3, 0.4) is 0 Å². The minimum Gasteiger partial charge on any atom is -0.274 e. The Kier molecular flexibility index (Phi) is 5.11. The summed E-state index contributed by atoms with van der Waals surface area (Å²) in [5.74, 6) is -1.54. The molecular weight excluding hydrogens is 536 g/mol. The van der Waals surface area contributed by atoms with Gasteiger partial charge in [-0.3, -0.25) is 14.6 Å². The minimum atomic E-state index is -0.866. The largest absolute Gasteiger partial charge is 0.274 e. The zero-order valence-corrected chi connectivity index (χ0v) is 22.6. The van der Waals surface area contributed by atoms with E-state index in [2.05, 4.69) is 40.2 Å². The molecule has 186 valence electrons. The van der Waals surface area contributed by atoms with Crippen molar-refractivity contribution in [3.05, 3.63) is 129 Å². The van der Waals surface area contributed by atoms with Gasteiger partial charge in [-0.2, -0.15) is 0 Å². The molecule has 0 aromatic heterocycles. The highest BCUT2D eigenvalue weighted by atomic mass is 79.9. The fraction of sp³-hybridized carbons (Fsp3) is 0.182. The van der Waals surface area contributed by atoms with Crippen LogP contribution in [0.2, 0.25) is 0 Å². The number of imide groups is 1. The Morgan fingerprint density at radius 3 is 2.16 bits per heavy atom. The van der Waals surface area contributed by atoms with Crippen LogP contribution < -0.4 is 4.90 Å². The number of nitrogens with zero attached hydrogens (tertiary/aromatic N) is 2. The molecule has 1 fully saturated rings. The zero-order chi connectivity index (χ0) is 26.2. The lowest BCUT2D eigenvalue weighted by atomic mass is 9.47. The minimum absolute atomic E-state index is 0.124. The summed E-state index contributed by atoms with van der Waals surface area (Å²) in [7, 11) is 0. The second-order valence-electron chi connectivity index (χ2n) is 10.6. The third-order valence-corrected chi connectivity index (χ3v) is 9.00. The van der Waals surface area contributed by atoms with Gasteiger partial charge in [-0.25, -0.2) is 4.90 Å². The van der Waals surface area contributed by atoms with Crippen molar-refractivity contribution in [1.29, 1.82) is 0 Å². The third kappa shape index (κ3) is 3.05. The number of carbonyl (C=O) groups excluding carboxylic acids is 2. The highest BCUT2D eigenvalue weighted by Gasteiger charge is 2.68. The zero-order valence-electron chi connectivity index (χ0n) is 21.1. The third-order valence-electron chi connectivity index (χ3n) is 8.50. The summed E-state index contributed by atoms with van der Waals surface area (Å²) < 4.78 is 0.934. The summed E-state index contributed by atoms with van der Waals surface area (Å²) in [6.45, 7) is 3.98. The predicted molar refractivity (Wildman–Crippen MR) is 153 cm³/mol. The predicted octanol–water partition coefficient (Wildman–Crippen LogP) is 7.02. The fourth-order valence-electron chi connectivity index (χ4n) is 7.08. The Labute approximate surface area is 230 Å². The van der Waals surface area contributed by atoms with Crippen LogP contribution in [0.15, 0.2) is 100 Å². The van der Waals surface area contributed by atoms with Crippen LogP contribution in [-0.2, 0) is 15.0 Å². The number of amides is 2. The van der Waals surface area contributed by atoms with Crippen molar-refractivity contribution < 1.29 is 9.59 Å². The number of carbonyl (C=O) groups is 2. The monoisotopic (exact) mass is 560 g/mol. The van der Waals surface area contributed by atoms with E-state index >= 15 is 0 Å². The van der Waals surface area contributed by atoms with E-state index in [0.29, 0.717) is 5.69 Å². The summed E-state index contributed by atoms with van der Waals surface area (Å²) >= 11 is 3.55. The summed E-state index contributed by atoms with van der Waals surface area (Å²) in [5, 5.41) is 0. The van der Waals surface area contributed by atoms with Crippen LogP contribution in [0.5, 0.6) is 0 Å². The van der Waals surface area contributed by atoms with Gasteiger partial charge in [0.1, 0.15) is 0 Å². The van der Waals surface area contributed by atoms with E-state index in [1.807, 2.05) is 86.8 Å². The number of anilines is 1. The molecular formula is C33H25BrN2O2. The summed E-state index contributed by atoms with van der Waals surface area (Å²) in [5.41, 5.74) is 6.95. The van der Waals surface area contributed by atoms with E-state index in [1.54, 1.807) is 0 Å². The first-order valence-corrected chi connectivity index (χ1v) is 13.7. The molecule has 4 aromatic carbocycles. The first-order chi connectivity index (χ1) is 18.4. The van der Waals surface area contributed by atoms with Crippen molar-refractivity contribution in [2.24, 2.45) is 16.8 Å². The van der Waals surface area contributed by atoms with Crippen molar-refractivity contribution in [1.82, 2.24) is 0 Å². The van der Waals surface area contributed by atoms with E-state index in [0.717, 1.165) is 43.5 Å². The van der Waals surface area contributed by atoms with E-state index < -0.39 is 17.3 Å². The van der Waals surface area contributed by atoms with Gasteiger partial charge in [0.05, 0.1) is 28.6 Å². The molecule has 4 nitrogen and oxygen atoms in total. The molecule has 0 radical (unpaired) electrons. The lowest BCUT2D eigenvalue weighted by Crippen LogP contribution is -2.54. The van der Waals surface area contributed by atoms with Crippen molar-refractivity contribution in [3.63, 3.8) is 0 Å². The van der Waals surface area contributed by atoms with Crippen molar-refractivity contribution in [3.8, 4) is 0 Å². The lowest BCUT2D eigenvalue weighted by Gasteiger charge is -2.52. The maximum Gasteiger partial charge on any atom is 0.239 e. The number of hydrogen-bond donors (Lipinski definition) is 0. The van der Waals surface area contributed by atoms with Crippen molar-refractivity contribution >= 4 is 45.3 Å². The van der Waals surface area contributed by atoms with E-state index in [1.165, 1.54) is 4.90 Å². The first-order valence-electron chi connectivity index (χ1n) is 12.9. The van der Waals surface area contributed by atoms with Gasteiger partial charge < -0.3 is 0 Å². The van der Waals surface area contributed by atoms with E-state index in [9.17, 15) is 9.59 Å². The smallest absolute Gasteiger partial charge is 0.239 e. The molecule has 1 saturated heterocycles. The number of aliphatic imine (C=N–C) groups is 1. The molecule has 0 N–H and O–H groups in total.